The van der Waals surface area contributed by atoms with E-state index in [1.165, 1.54) is 12.4 Å². The van der Waals surface area contributed by atoms with Crippen LogP contribution < -0.4 is 10.6 Å². The van der Waals surface area contributed by atoms with Crippen LogP contribution in [0.25, 0.3) is 11.3 Å². The van der Waals surface area contributed by atoms with Crippen LogP contribution in [0.4, 0.5) is 24.8 Å². The zero-order valence-corrected chi connectivity index (χ0v) is 16.9. The lowest BCUT2D eigenvalue weighted by atomic mass is 9.86. The molecule has 0 aliphatic carbocycles. The molecule has 1 fully saturated rings. The van der Waals surface area contributed by atoms with Gasteiger partial charge in [0.15, 0.2) is 5.78 Å². The first kappa shape index (κ1) is 21.5. The molecule has 32 heavy (non-hydrogen) atoms. The summed E-state index contributed by atoms with van der Waals surface area (Å²) in [5.74, 6) is -0.250. The Labute approximate surface area is 181 Å². The highest BCUT2D eigenvalue weighted by Gasteiger charge is 2.36. The number of Topliss-reactive ketones (excluding diaryl/α,β-unsaturated/α-hetero) is 1. The molecule has 0 amide bonds. The Morgan fingerprint density at radius 3 is 2.69 bits per heavy atom. The molecule has 3 heterocycles. The first-order valence-corrected chi connectivity index (χ1v) is 9.71. The summed E-state index contributed by atoms with van der Waals surface area (Å²) in [5.41, 5.74) is 2.96. The number of aryl methyl sites for hydroxylation is 1. The highest BCUT2D eigenvalue weighted by molar-refractivity contribution is 6.01. The van der Waals surface area contributed by atoms with Gasteiger partial charge in [-0.05, 0) is 12.5 Å². The quantitative estimate of drug-likeness (QED) is 0.565. The number of halogens is 3. The minimum Gasteiger partial charge on any atom is -0.321 e. The molecular formula is C21H18F3N7O. The van der Waals surface area contributed by atoms with Gasteiger partial charge in [0.1, 0.15) is 6.54 Å². The van der Waals surface area contributed by atoms with Crippen molar-refractivity contribution in [3.8, 4) is 17.3 Å². The maximum absolute atomic E-state index is 12.5. The lowest BCUT2D eigenvalue weighted by Gasteiger charge is -2.31. The number of carbonyl (C=O) groups is 1. The molecule has 0 bridgehead atoms. The van der Waals surface area contributed by atoms with Gasteiger partial charge in [0.2, 0.25) is 5.95 Å². The van der Waals surface area contributed by atoms with E-state index >= 15 is 0 Å². The van der Waals surface area contributed by atoms with E-state index in [-0.39, 0.29) is 17.6 Å². The molecule has 2 atom stereocenters. The molecule has 0 spiro atoms. The van der Waals surface area contributed by atoms with Gasteiger partial charge in [-0.25, -0.2) is 9.97 Å². The van der Waals surface area contributed by atoms with Crippen molar-refractivity contribution in [2.75, 3.05) is 11.9 Å². The molecule has 1 aromatic carbocycles. The second-order valence-corrected chi connectivity index (χ2v) is 7.46. The number of nitrogens with one attached hydrogen (secondary N) is 2. The summed E-state index contributed by atoms with van der Waals surface area (Å²) in [6.07, 6.45) is -0.286. The van der Waals surface area contributed by atoms with Crippen molar-refractivity contribution >= 4 is 17.4 Å². The Morgan fingerprint density at radius 2 is 2.06 bits per heavy atom. The van der Waals surface area contributed by atoms with Crippen molar-refractivity contribution in [1.82, 2.24) is 25.1 Å². The second-order valence-electron chi connectivity index (χ2n) is 7.46. The van der Waals surface area contributed by atoms with Gasteiger partial charge >= 0.3 is 6.18 Å². The molecule has 8 nitrogen and oxygen atoms in total. The van der Waals surface area contributed by atoms with Crippen LogP contribution in [0.15, 0.2) is 42.9 Å². The van der Waals surface area contributed by atoms with Crippen LogP contribution in [0.2, 0.25) is 0 Å². The lowest BCUT2D eigenvalue weighted by Crippen LogP contribution is -2.56. The zero-order chi connectivity index (χ0) is 22.9. The first-order chi connectivity index (χ1) is 15.2. The Kier molecular flexibility index (Phi) is 5.63. The summed E-state index contributed by atoms with van der Waals surface area (Å²) in [7, 11) is 0. The van der Waals surface area contributed by atoms with Gasteiger partial charge in [0.25, 0.3) is 0 Å². The van der Waals surface area contributed by atoms with Crippen molar-refractivity contribution in [3.63, 3.8) is 0 Å². The number of nitrogens with zero attached hydrogens (tertiary/aromatic N) is 5. The molecule has 1 saturated heterocycles. The second kappa shape index (κ2) is 8.39. The summed E-state index contributed by atoms with van der Waals surface area (Å²) in [5, 5.41) is 18.5. The van der Waals surface area contributed by atoms with E-state index < -0.39 is 18.8 Å². The summed E-state index contributed by atoms with van der Waals surface area (Å²) < 4.78 is 38.3. The van der Waals surface area contributed by atoms with Crippen LogP contribution in [0, 0.1) is 24.2 Å². The molecular weight excluding hydrogens is 423 g/mol. The van der Waals surface area contributed by atoms with E-state index in [1.807, 2.05) is 6.92 Å². The fourth-order valence-electron chi connectivity index (χ4n) is 3.34. The van der Waals surface area contributed by atoms with Crippen molar-refractivity contribution in [2.45, 2.75) is 25.7 Å². The fraction of sp³-hybridized carbons (Fsp3) is 0.286. The normalized spacial score (nSPS) is 18.0. The SMILES string of the molecule is Cc1cnc(Nc2cnn(CC(F)(F)F)c2)nc1-c1ccc(C(=O)C2NCC2C#N)cc1. The van der Waals surface area contributed by atoms with Gasteiger partial charge < -0.3 is 10.6 Å². The van der Waals surface area contributed by atoms with Gasteiger partial charge in [0, 0.05) is 30.1 Å². The van der Waals surface area contributed by atoms with Crippen molar-refractivity contribution in [2.24, 2.45) is 5.92 Å². The summed E-state index contributed by atoms with van der Waals surface area (Å²) >= 11 is 0. The number of aromatic nitrogens is 4. The number of rotatable bonds is 6. The van der Waals surface area contributed by atoms with Crippen molar-refractivity contribution < 1.29 is 18.0 Å². The van der Waals surface area contributed by atoms with Crippen molar-refractivity contribution in [1.29, 1.82) is 5.26 Å². The van der Waals surface area contributed by atoms with E-state index in [2.05, 4.69) is 31.8 Å². The Morgan fingerprint density at radius 1 is 1.31 bits per heavy atom. The molecule has 2 aromatic heterocycles. The van der Waals surface area contributed by atoms with Crippen LogP contribution in [0.5, 0.6) is 0 Å². The molecule has 3 aromatic rings. The number of alkyl halides is 3. The lowest BCUT2D eigenvalue weighted by molar-refractivity contribution is -0.142. The molecule has 164 valence electrons. The number of hydrogen-bond donors (Lipinski definition) is 2. The van der Waals surface area contributed by atoms with E-state index in [0.717, 1.165) is 15.8 Å². The van der Waals surface area contributed by atoms with Gasteiger partial charge in [-0.3, -0.25) is 9.48 Å². The van der Waals surface area contributed by atoms with Gasteiger partial charge in [-0.15, -0.1) is 0 Å². The average molecular weight is 441 g/mol. The minimum absolute atomic E-state index is 0.132. The summed E-state index contributed by atoms with van der Waals surface area (Å²) in [4.78, 5) is 21.2. The predicted octanol–water partition coefficient (Wildman–Crippen LogP) is 3.25. The molecule has 1 aliphatic rings. The number of carbonyl (C=O) groups excluding carboxylic acids is 1. The molecule has 1 aliphatic heterocycles. The largest absolute Gasteiger partial charge is 0.408 e. The first-order valence-electron chi connectivity index (χ1n) is 9.71. The third kappa shape index (κ3) is 4.60. The monoisotopic (exact) mass is 441 g/mol. The van der Waals surface area contributed by atoms with E-state index in [9.17, 15) is 18.0 Å². The molecule has 2 N–H and O–H groups in total. The standard InChI is InChI=1S/C21H18F3N7O/c1-12-7-27-20(29-16-9-28-31(10-16)11-21(22,23)24)30-17(12)13-2-4-14(5-3-13)19(32)18-15(6-25)8-26-18/h2-5,7,9-10,15,18,26H,8,11H2,1H3,(H,27,29,30). The predicted molar refractivity (Wildman–Crippen MR) is 109 cm³/mol. The number of nitriles is 1. The van der Waals surface area contributed by atoms with Crippen LogP contribution in [0.3, 0.4) is 0 Å². The smallest absolute Gasteiger partial charge is 0.321 e. The van der Waals surface area contributed by atoms with Gasteiger partial charge in [-0.2, -0.15) is 23.5 Å². The maximum Gasteiger partial charge on any atom is 0.408 e. The van der Waals surface area contributed by atoms with E-state index in [4.69, 9.17) is 5.26 Å². The molecule has 0 saturated carbocycles. The highest BCUT2D eigenvalue weighted by atomic mass is 19.4. The van der Waals surface area contributed by atoms with Gasteiger partial charge in [-0.1, -0.05) is 24.3 Å². The van der Waals surface area contributed by atoms with Crippen LogP contribution >= 0.6 is 0 Å². The number of ketones is 1. The zero-order valence-electron chi connectivity index (χ0n) is 16.9. The Hall–Kier alpha value is -3.78. The minimum atomic E-state index is -4.37. The average Bonchev–Trinajstić information content (AvgIpc) is 3.14. The van der Waals surface area contributed by atoms with Gasteiger partial charge in [0.05, 0.1) is 35.6 Å². The van der Waals surface area contributed by atoms with Crippen molar-refractivity contribution in [3.05, 3.63) is 54.0 Å². The van der Waals surface area contributed by atoms with E-state index in [0.29, 0.717) is 23.5 Å². The van der Waals surface area contributed by atoms with Crippen LogP contribution in [-0.4, -0.2) is 44.3 Å². The summed E-state index contributed by atoms with van der Waals surface area (Å²) in [6, 6.07) is 8.51. The maximum atomic E-state index is 12.5. The highest BCUT2D eigenvalue weighted by Crippen LogP contribution is 2.25. The molecule has 0 radical (unpaired) electrons. The summed E-state index contributed by atoms with van der Waals surface area (Å²) in [6.45, 7) is 1.15. The topological polar surface area (TPSA) is 109 Å². The molecule has 4 rings (SSSR count). The Balaban J connectivity index is 1.50. The fourth-order valence-corrected chi connectivity index (χ4v) is 3.34. The molecule has 11 heteroatoms. The van der Waals surface area contributed by atoms with Crippen LogP contribution in [0.1, 0.15) is 15.9 Å². The van der Waals surface area contributed by atoms with E-state index in [1.54, 1.807) is 30.5 Å². The Bertz CT molecular complexity index is 1180. The third-order valence-electron chi connectivity index (χ3n) is 5.05. The number of benzene rings is 1. The number of anilines is 2. The third-order valence-corrected chi connectivity index (χ3v) is 5.05. The molecule has 2 unspecified atom stereocenters. The number of hydrogen-bond acceptors (Lipinski definition) is 7. The van der Waals surface area contributed by atoms with Crippen LogP contribution in [-0.2, 0) is 6.54 Å².